The van der Waals surface area contributed by atoms with E-state index < -0.39 is 17.6 Å². The summed E-state index contributed by atoms with van der Waals surface area (Å²) in [5.41, 5.74) is 8.87. The Morgan fingerprint density at radius 1 is 1.07 bits per heavy atom. The fourth-order valence-corrected chi connectivity index (χ4v) is 4.59. The van der Waals surface area contributed by atoms with Crippen LogP contribution >= 0.6 is 0 Å². The number of anilines is 2. The summed E-state index contributed by atoms with van der Waals surface area (Å²) in [5.74, 6) is 5.56. The number of nitrogen functional groups attached to an aromatic ring is 1. The van der Waals surface area contributed by atoms with Crippen LogP contribution in [0.25, 0.3) is 11.0 Å². The van der Waals surface area contributed by atoms with Gasteiger partial charge in [0, 0.05) is 55.5 Å². The van der Waals surface area contributed by atoms with Crippen LogP contribution in [0.15, 0.2) is 42.9 Å². The molecule has 5 rings (SSSR count). The maximum absolute atomic E-state index is 13.9. The van der Waals surface area contributed by atoms with Crippen LogP contribution in [0.4, 0.5) is 24.7 Å². The van der Waals surface area contributed by atoms with Crippen molar-refractivity contribution in [2.24, 2.45) is 0 Å². The smallest absolute Gasteiger partial charge is 0.382 e. The number of aryl methyl sites for hydroxylation is 2. The normalized spacial score (nSPS) is 14.0. The lowest BCUT2D eigenvalue weighted by molar-refractivity contribution is -0.138. The van der Waals surface area contributed by atoms with Crippen molar-refractivity contribution in [2.75, 3.05) is 38.2 Å². The zero-order valence-electron chi connectivity index (χ0n) is 23.5. The Bertz CT molecular complexity index is 1740. The molecule has 0 unspecified atom stereocenters. The number of amides is 1. The molecule has 0 radical (unpaired) electrons. The Hall–Kier alpha value is -4.60. The molecule has 4 aromatic rings. The summed E-state index contributed by atoms with van der Waals surface area (Å²) < 4.78 is 41.8. The molecular weight excluding hydrogens is 545 g/mol. The van der Waals surface area contributed by atoms with Crippen molar-refractivity contribution in [3.05, 3.63) is 82.1 Å². The third kappa shape index (κ3) is 6.17. The van der Waals surface area contributed by atoms with E-state index in [0.29, 0.717) is 41.3 Å². The van der Waals surface area contributed by atoms with Gasteiger partial charge < -0.3 is 16.0 Å². The van der Waals surface area contributed by atoms with Gasteiger partial charge in [-0.25, -0.2) is 15.0 Å². The van der Waals surface area contributed by atoms with Crippen molar-refractivity contribution in [1.29, 1.82) is 0 Å². The Morgan fingerprint density at radius 3 is 2.48 bits per heavy atom. The Kier molecular flexibility index (Phi) is 7.81. The number of rotatable bonds is 5. The van der Waals surface area contributed by atoms with Gasteiger partial charge >= 0.3 is 6.18 Å². The summed E-state index contributed by atoms with van der Waals surface area (Å²) in [4.78, 5) is 34.2. The number of alkyl halides is 3. The third-order valence-corrected chi connectivity index (χ3v) is 7.21. The van der Waals surface area contributed by atoms with Gasteiger partial charge in [-0.2, -0.15) is 13.2 Å². The van der Waals surface area contributed by atoms with Crippen LogP contribution in [0, 0.1) is 25.7 Å². The number of nitrogens with zero attached hydrogens (tertiary/aromatic N) is 6. The minimum Gasteiger partial charge on any atom is -0.382 e. The molecule has 0 spiro atoms. The number of halogens is 3. The molecule has 0 atom stereocenters. The molecule has 216 valence electrons. The molecule has 1 amide bonds. The minimum absolute atomic E-state index is 0.0333. The second-order valence-corrected chi connectivity index (χ2v) is 10.5. The number of pyridine rings is 2. The number of likely N-dealkylation sites (N-methyl/N-ethyl adjacent to an activating group) is 1. The van der Waals surface area contributed by atoms with Crippen molar-refractivity contribution in [2.45, 2.75) is 32.6 Å². The highest BCUT2D eigenvalue weighted by atomic mass is 19.4. The van der Waals surface area contributed by atoms with Gasteiger partial charge in [-0.15, -0.1) is 0 Å². The standard InChI is InChI=1S/C30H29F3N8O/c1-17-18(2)38-27-26(37-17)20(13-36-28(27)34)6-5-19-9-22(12-35-11-19)29(42)39-23-8-7-21(25(10-23)30(31,32)33)14-41-15-24(16-41)40(3)4/h7-13,24H,14-16H2,1-4H3,(H2,34,36)(H,39,42). The number of aromatic nitrogens is 4. The van der Waals surface area contributed by atoms with Crippen LogP contribution in [-0.4, -0.2) is 68.9 Å². The van der Waals surface area contributed by atoms with Crippen molar-refractivity contribution >= 4 is 28.4 Å². The first-order valence-electron chi connectivity index (χ1n) is 13.2. The fraction of sp³-hybridized carbons (Fsp3) is 0.300. The Balaban J connectivity index is 1.34. The van der Waals surface area contributed by atoms with Crippen molar-refractivity contribution < 1.29 is 18.0 Å². The number of carbonyl (C=O) groups excluding carboxylic acids is 1. The van der Waals surface area contributed by atoms with Crippen LogP contribution in [0.1, 0.15) is 44.0 Å². The summed E-state index contributed by atoms with van der Waals surface area (Å²) >= 11 is 0. The second kappa shape index (κ2) is 11.3. The highest BCUT2D eigenvalue weighted by Crippen LogP contribution is 2.35. The molecule has 1 aliphatic rings. The lowest BCUT2D eigenvalue weighted by Crippen LogP contribution is -2.56. The maximum Gasteiger partial charge on any atom is 0.416 e. The molecule has 0 aliphatic carbocycles. The van der Waals surface area contributed by atoms with Crippen molar-refractivity contribution in [3.8, 4) is 11.8 Å². The fourth-order valence-electron chi connectivity index (χ4n) is 4.59. The molecule has 1 aliphatic heterocycles. The molecule has 9 nitrogen and oxygen atoms in total. The number of carbonyl (C=O) groups is 1. The van der Waals surface area contributed by atoms with E-state index >= 15 is 0 Å². The number of hydrogen-bond acceptors (Lipinski definition) is 8. The molecule has 42 heavy (non-hydrogen) atoms. The van der Waals surface area contributed by atoms with E-state index in [1.54, 1.807) is 0 Å². The quantitative estimate of drug-likeness (QED) is 0.344. The van der Waals surface area contributed by atoms with Gasteiger partial charge in [0.25, 0.3) is 5.91 Å². The average molecular weight is 575 g/mol. The zero-order chi connectivity index (χ0) is 30.2. The third-order valence-electron chi connectivity index (χ3n) is 7.21. The van der Waals surface area contributed by atoms with Crippen LogP contribution in [0.3, 0.4) is 0 Å². The zero-order valence-corrected chi connectivity index (χ0v) is 23.5. The highest BCUT2D eigenvalue weighted by molar-refractivity contribution is 6.04. The predicted molar refractivity (Wildman–Crippen MR) is 154 cm³/mol. The first-order chi connectivity index (χ1) is 19.9. The molecule has 1 saturated heterocycles. The maximum atomic E-state index is 13.9. The Labute approximate surface area is 241 Å². The summed E-state index contributed by atoms with van der Waals surface area (Å²) in [6, 6.07) is 5.70. The van der Waals surface area contributed by atoms with E-state index in [-0.39, 0.29) is 29.2 Å². The number of benzene rings is 1. The molecule has 0 bridgehead atoms. The van der Waals surface area contributed by atoms with E-state index in [0.717, 1.165) is 17.5 Å². The van der Waals surface area contributed by atoms with E-state index in [1.807, 2.05) is 32.8 Å². The second-order valence-electron chi connectivity index (χ2n) is 10.5. The molecule has 1 fully saturated rings. The molecule has 3 N–H and O–H groups in total. The molecular formula is C30H29F3N8O. The monoisotopic (exact) mass is 574 g/mol. The summed E-state index contributed by atoms with van der Waals surface area (Å²) in [7, 11) is 3.91. The number of hydrogen-bond donors (Lipinski definition) is 2. The largest absolute Gasteiger partial charge is 0.416 e. The van der Waals surface area contributed by atoms with Crippen molar-refractivity contribution in [1.82, 2.24) is 29.7 Å². The van der Waals surface area contributed by atoms with E-state index in [2.05, 4.69) is 42.0 Å². The number of fused-ring (bicyclic) bond motifs is 1. The molecule has 3 aromatic heterocycles. The summed E-state index contributed by atoms with van der Waals surface area (Å²) in [6.45, 7) is 5.24. The van der Waals surface area contributed by atoms with E-state index in [4.69, 9.17) is 5.73 Å². The van der Waals surface area contributed by atoms with Crippen LogP contribution in [0.2, 0.25) is 0 Å². The number of nitrogens with one attached hydrogen (secondary N) is 1. The van der Waals surface area contributed by atoms with Gasteiger partial charge in [0.1, 0.15) is 11.0 Å². The lowest BCUT2D eigenvalue weighted by atomic mass is 10.0. The lowest BCUT2D eigenvalue weighted by Gasteiger charge is -2.43. The number of likely N-dealkylation sites (tertiary alicyclic amines) is 1. The molecule has 4 heterocycles. The topological polar surface area (TPSA) is 113 Å². The van der Waals surface area contributed by atoms with Crippen molar-refractivity contribution in [3.63, 3.8) is 0 Å². The SMILES string of the molecule is Cc1nc2c(C#Cc3cncc(C(=O)Nc4ccc(CN5CC(N(C)C)C5)c(C(F)(F)F)c4)c3)cnc(N)c2nc1C. The summed E-state index contributed by atoms with van der Waals surface area (Å²) in [5, 5.41) is 2.55. The Morgan fingerprint density at radius 2 is 1.79 bits per heavy atom. The van der Waals surface area contributed by atoms with Crippen LogP contribution < -0.4 is 11.1 Å². The van der Waals surface area contributed by atoms with Gasteiger partial charge in [0.15, 0.2) is 5.82 Å². The first-order valence-corrected chi connectivity index (χ1v) is 13.2. The van der Waals surface area contributed by atoms with Crippen LogP contribution in [-0.2, 0) is 12.7 Å². The van der Waals surface area contributed by atoms with Gasteiger partial charge in [0.2, 0.25) is 0 Å². The van der Waals surface area contributed by atoms with E-state index in [9.17, 15) is 18.0 Å². The van der Waals surface area contributed by atoms with Crippen LogP contribution in [0.5, 0.6) is 0 Å². The van der Waals surface area contributed by atoms with Gasteiger partial charge in [0.05, 0.1) is 28.1 Å². The minimum atomic E-state index is -4.57. The molecule has 0 saturated carbocycles. The van der Waals surface area contributed by atoms with E-state index in [1.165, 1.54) is 36.8 Å². The summed E-state index contributed by atoms with van der Waals surface area (Å²) in [6.07, 6.45) is -0.266. The first kappa shape index (κ1) is 28.9. The average Bonchev–Trinajstić information content (AvgIpc) is 2.91. The highest BCUT2D eigenvalue weighted by Gasteiger charge is 2.36. The van der Waals surface area contributed by atoms with Gasteiger partial charge in [-0.05, 0) is 51.7 Å². The van der Waals surface area contributed by atoms with Gasteiger partial charge in [-0.1, -0.05) is 17.9 Å². The molecule has 12 heteroatoms. The predicted octanol–water partition coefficient (Wildman–Crippen LogP) is 4.04. The molecule has 1 aromatic carbocycles. The number of nitrogens with two attached hydrogens (primary N) is 1. The van der Waals surface area contributed by atoms with Gasteiger partial charge in [-0.3, -0.25) is 14.7 Å².